The van der Waals surface area contributed by atoms with Crippen LogP contribution in [-0.4, -0.2) is 51.3 Å². The van der Waals surface area contributed by atoms with Crippen molar-refractivity contribution in [1.82, 2.24) is 4.90 Å². The lowest BCUT2D eigenvalue weighted by Gasteiger charge is -2.35. The molecule has 3 saturated heterocycles. The average Bonchev–Trinajstić information content (AvgIpc) is 3.49. The van der Waals surface area contributed by atoms with Crippen LogP contribution in [0.3, 0.4) is 0 Å². The van der Waals surface area contributed by atoms with Crippen LogP contribution in [-0.2, 0) is 9.59 Å². The molecule has 1 spiro atoms. The number of rotatable bonds is 2. The molecule has 166 valence electrons. The Kier molecular flexibility index (Phi) is 3.87. The molecule has 0 bridgehead atoms. The van der Waals surface area contributed by atoms with Gasteiger partial charge < -0.3 is 0 Å². The maximum absolute atomic E-state index is 13.8. The molecular weight excluding hydrogens is 426 g/mol. The Morgan fingerprint density at radius 1 is 1.00 bits per heavy atom. The number of non-ortho nitro benzene ring substituents is 1. The number of Topliss-reactive ketones (excluding diaryl/α,β-unsaturated/α-hetero) is 2. The molecule has 2 amide bonds. The standard InChI is InChI=1S/C24H19N3O6/c1-12-11-13(27(32)33)8-9-16(12)26-22(30)18-17-7-4-10-25(17)24(19(18)23(26)31)20(28)14-5-2-3-6-15(14)21(24)29/h2-3,5-6,8-9,11,17-19H,4,7,10H2,1H3. The van der Waals surface area contributed by atoms with E-state index in [-0.39, 0.29) is 17.4 Å². The summed E-state index contributed by atoms with van der Waals surface area (Å²) in [7, 11) is 0. The lowest BCUT2D eigenvalue weighted by molar-refractivity contribution is -0.384. The van der Waals surface area contributed by atoms with Gasteiger partial charge in [0, 0.05) is 29.3 Å². The van der Waals surface area contributed by atoms with Gasteiger partial charge in [0.1, 0.15) is 0 Å². The van der Waals surface area contributed by atoms with Gasteiger partial charge in [-0.1, -0.05) is 24.3 Å². The van der Waals surface area contributed by atoms with E-state index >= 15 is 0 Å². The largest absolute Gasteiger partial charge is 0.291 e. The predicted molar refractivity (Wildman–Crippen MR) is 115 cm³/mol. The Labute approximate surface area is 188 Å². The molecule has 33 heavy (non-hydrogen) atoms. The van der Waals surface area contributed by atoms with Gasteiger partial charge in [-0.15, -0.1) is 0 Å². The summed E-state index contributed by atoms with van der Waals surface area (Å²) in [5, 5.41) is 11.1. The van der Waals surface area contributed by atoms with Gasteiger partial charge in [-0.05, 0) is 37.9 Å². The number of hydrogen-bond donors (Lipinski definition) is 0. The van der Waals surface area contributed by atoms with Crippen molar-refractivity contribution in [3.8, 4) is 0 Å². The number of amides is 2. The highest BCUT2D eigenvalue weighted by Gasteiger charge is 2.76. The van der Waals surface area contributed by atoms with Crippen molar-refractivity contribution in [2.24, 2.45) is 11.8 Å². The molecule has 6 rings (SSSR count). The normalized spacial score (nSPS) is 27.4. The topological polar surface area (TPSA) is 118 Å². The lowest BCUT2D eigenvalue weighted by Crippen LogP contribution is -2.59. The molecule has 3 unspecified atom stereocenters. The van der Waals surface area contributed by atoms with Crippen LogP contribution >= 0.6 is 0 Å². The first-order chi connectivity index (χ1) is 15.8. The van der Waals surface area contributed by atoms with E-state index in [9.17, 15) is 29.3 Å². The number of fused-ring (bicyclic) bond motifs is 6. The van der Waals surface area contributed by atoms with E-state index in [0.29, 0.717) is 29.7 Å². The second kappa shape index (κ2) is 6.41. The molecule has 2 aromatic carbocycles. The minimum Gasteiger partial charge on any atom is -0.291 e. The molecule has 3 heterocycles. The van der Waals surface area contributed by atoms with Crippen molar-refractivity contribution >= 4 is 34.8 Å². The van der Waals surface area contributed by atoms with Gasteiger partial charge in [0.05, 0.1) is 22.4 Å². The number of nitro groups is 1. The average molecular weight is 445 g/mol. The van der Waals surface area contributed by atoms with E-state index in [1.165, 1.54) is 18.2 Å². The van der Waals surface area contributed by atoms with Crippen molar-refractivity contribution in [2.75, 3.05) is 11.4 Å². The van der Waals surface area contributed by atoms with Gasteiger partial charge >= 0.3 is 0 Å². The zero-order chi connectivity index (χ0) is 23.2. The highest BCUT2D eigenvalue weighted by Crippen LogP contribution is 2.57. The van der Waals surface area contributed by atoms with Crippen LogP contribution in [0.25, 0.3) is 0 Å². The molecule has 1 aliphatic carbocycles. The number of nitro benzene ring substituents is 1. The highest BCUT2D eigenvalue weighted by molar-refractivity contribution is 6.37. The molecule has 3 atom stereocenters. The molecule has 0 saturated carbocycles. The number of benzene rings is 2. The van der Waals surface area contributed by atoms with Gasteiger partial charge in [-0.2, -0.15) is 0 Å². The molecule has 2 aromatic rings. The number of carbonyl (C=O) groups is 4. The van der Waals surface area contributed by atoms with Crippen molar-refractivity contribution < 1.29 is 24.1 Å². The number of ketones is 2. The van der Waals surface area contributed by atoms with Crippen LogP contribution in [0.1, 0.15) is 39.1 Å². The number of imide groups is 1. The van der Waals surface area contributed by atoms with E-state index in [4.69, 9.17) is 0 Å². The van der Waals surface area contributed by atoms with E-state index in [1.54, 1.807) is 31.2 Å². The molecule has 0 aromatic heterocycles. The lowest BCUT2D eigenvalue weighted by atomic mass is 9.76. The van der Waals surface area contributed by atoms with Crippen LogP contribution < -0.4 is 4.90 Å². The summed E-state index contributed by atoms with van der Waals surface area (Å²) in [6.45, 7) is 2.07. The Hall–Kier alpha value is -3.72. The fraction of sp³-hybridized carbons (Fsp3) is 0.333. The zero-order valence-electron chi connectivity index (χ0n) is 17.7. The van der Waals surface area contributed by atoms with Crippen molar-refractivity contribution in [3.63, 3.8) is 0 Å². The molecular formula is C24H19N3O6. The third-order valence-electron chi connectivity index (χ3n) is 7.71. The van der Waals surface area contributed by atoms with Crippen LogP contribution in [0.15, 0.2) is 42.5 Å². The van der Waals surface area contributed by atoms with E-state index in [2.05, 4.69) is 0 Å². The molecule has 0 radical (unpaired) electrons. The van der Waals surface area contributed by atoms with E-state index in [1.807, 2.05) is 4.90 Å². The number of anilines is 1. The van der Waals surface area contributed by atoms with Gasteiger partial charge in [-0.25, -0.2) is 4.90 Å². The van der Waals surface area contributed by atoms with E-state index in [0.717, 1.165) is 11.3 Å². The SMILES string of the molecule is Cc1cc([N+](=O)[O-])ccc1N1C(=O)C2C3CCCN3C3(C(=O)c4ccccc4C3=O)C2C1=O. The number of aryl methyl sites for hydroxylation is 1. The summed E-state index contributed by atoms with van der Waals surface area (Å²) in [4.78, 5) is 68.5. The molecule has 3 fully saturated rings. The van der Waals surface area contributed by atoms with Gasteiger partial charge in [0.2, 0.25) is 11.8 Å². The number of hydrogen-bond acceptors (Lipinski definition) is 7. The molecule has 4 aliphatic rings. The summed E-state index contributed by atoms with van der Waals surface area (Å²) >= 11 is 0. The van der Waals surface area contributed by atoms with Crippen molar-refractivity contribution in [2.45, 2.75) is 31.3 Å². The second-order valence-electron chi connectivity index (χ2n) is 9.12. The van der Waals surface area contributed by atoms with E-state index < -0.39 is 45.7 Å². The van der Waals surface area contributed by atoms with Crippen LogP contribution in [0.4, 0.5) is 11.4 Å². The first-order valence-corrected chi connectivity index (χ1v) is 10.9. The Balaban J connectivity index is 1.51. The van der Waals surface area contributed by atoms with Gasteiger partial charge in [0.15, 0.2) is 17.1 Å². The quantitative estimate of drug-likeness (QED) is 0.301. The predicted octanol–water partition coefficient (Wildman–Crippen LogP) is 2.30. The summed E-state index contributed by atoms with van der Waals surface area (Å²) in [6.07, 6.45) is 1.34. The van der Waals surface area contributed by atoms with Gasteiger partial charge in [0.25, 0.3) is 5.69 Å². The first kappa shape index (κ1) is 19.9. The van der Waals surface area contributed by atoms with Crippen molar-refractivity contribution in [3.05, 3.63) is 69.3 Å². The fourth-order valence-electron chi connectivity index (χ4n) is 6.48. The summed E-state index contributed by atoms with van der Waals surface area (Å²) in [5.74, 6) is -3.79. The Morgan fingerprint density at radius 2 is 1.67 bits per heavy atom. The van der Waals surface area contributed by atoms with Crippen molar-refractivity contribution in [1.29, 1.82) is 0 Å². The van der Waals surface area contributed by atoms with Crippen LogP contribution in [0.2, 0.25) is 0 Å². The van der Waals surface area contributed by atoms with Crippen LogP contribution in [0.5, 0.6) is 0 Å². The molecule has 0 N–H and O–H groups in total. The maximum atomic E-state index is 13.8. The fourth-order valence-corrected chi connectivity index (χ4v) is 6.48. The third kappa shape index (κ3) is 2.20. The highest BCUT2D eigenvalue weighted by atomic mass is 16.6. The monoisotopic (exact) mass is 445 g/mol. The number of carbonyl (C=O) groups excluding carboxylic acids is 4. The Bertz CT molecular complexity index is 1280. The second-order valence-corrected chi connectivity index (χ2v) is 9.12. The third-order valence-corrected chi connectivity index (χ3v) is 7.71. The zero-order valence-corrected chi connectivity index (χ0v) is 17.7. The Morgan fingerprint density at radius 3 is 2.27 bits per heavy atom. The number of nitrogens with zero attached hydrogens (tertiary/aromatic N) is 3. The summed E-state index contributed by atoms with van der Waals surface area (Å²) in [6, 6.07) is 10.1. The molecule has 9 heteroatoms. The summed E-state index contributed by atoms with van der Waals surface area (Å²) < 4.78 is 0. The smallest absolute Gasteiger partial charge is 0.269 e. The summed E-state index contributed by atoms with van der Waals surface area (Å²) in [5.41, 5.74) is -0.620. The molecule has 3 aliphatic heterocycles. The minimum absolute atomic E-state index is 0.148. The maximum Gasteiger partial charge on any atom is 0.269 e. The van der Waals surface area contributed by atoms with Gasteiger partial charge in [-0.3, -0.25) is 34.2 Å². The first-order valence-electron chi connectivity index (χ1n) is 10.9. The minimum atomic E-state index is -1.70. The molecule has 9 nitrogen and oxygen atoms in total. The van der Waals surface area contributed by atoms with Crippen LogP contribution in [0, 0.1) is 28.9 Å².